The summed E-state index contributed by atoms with van der Waals surface area (Å²) in [6, 6.07) is 1.05. The Morgan fingerprint density at radius 2 is 1.81 bits per heavy atom. The highest BCUT2D eigenvalue weighted by atomic mass is 19.4. The molecule has 4 heterocycles. The third-order valence-electron chi connectivity index (χ3n) is 5.10. The molecule has 9 heteroatoms. The SMILES string of the molecule is Cc1cnc(N2CC3CC(C)N(c4nccc(C(F)(F)F)n4)C3C2)nc1. The van der Waals surface area contributed by atoms with E-state index in [0.717, 1.165) is 24.6 Å². The average molecular weight is 364 g/mol. The molecule has 0 bridgehead atoms. The van der Waals surface area contributed by atoms with E-state index < -0.39 is 11.9 Å². The van der Waals surface area contributed by atoms with Gasteiger partial charge in [-0.25, -0.2) is 19.9 Å². The van der Waals surface area contributed by atoms with E-state index in [1.54, 1.807) is 12.4 Å². The molecule has 3 unspecified atom stereocenters. The fourth-order valence-corrected chi connectivity index (χ4v) is 3.97. The van der Waals surface area contributed by atoms with Crippen molar-refractivity contribution in [2.75, 3.05) is 22.9 Å². The molecule has 0 amide bonds. The maximum absolute atomic E-state index is 13.0. The smallest absolute Gasteiger partial charge is 0.338 e. The van der Waals surface area contributed by atoms with E-state index in [-0.39, 0.29) is 18.0 Å². The molecule has 2 fully saturated rings. The lowest BCUT2D eigenvalue weighted by Crippen LogP contribution is -2.40. The summed E-state index contributed by atoms with van der Waals surface area (Å²) < 4.78 is 39.0. The number of anilines is 2. The molecule has 0 N–H and O–H groups in total. The first-order chi connectivity index (χ1) is 12.3. The monoisotopic (exact) mass is 364 g/mol. The summed E-state index contributed by atoms with van der Waals surface area (Å²) in [6.45, 7) is 5.37. The largest absolute Gasteiger partial charge is 0.433 e. The van der Waals surface area contributed by atoms with Crippen LogP contribution in [0.4, 0.5) is 25.1 Å². The number of aryl methyl sites for hydroxylation is 1. The predicted octanol–water partition coefficient (Wildman–Crippen LogP) is 2.70. The molecule has 0 spiro atoms. The third kappa shape index (κ3) is 2.95. The van der Waals surface area contributed by atoms with Crippen LogP contribution in [0.3, 0.4) is 0 Å². The average Bonchev–Trinajstić information content (AvgIpc) is 3.11. The highest BCUT2D eigenvalue weighted by Crippen LogP contribution is 2.39. The summed E-state index contributed by atoms with van der Waals surface area (Å²) in [5.74, 6) is 1.13. The minimum atomic E-state index is -4.47. The van der Waals surface area contributed by atoms with Crippen LogP contribution < -0.4 is 9.80 Å². The van der Waals surface area contributed by atoms with Gasteiger partial charge in [-0.3, -0.25) is 0 Å². The van der Waals surface area contributed by atoms with Crippen LogP contribution in [-0.2, 0) is 6.18 Å². The fraction of sp³-hybridized carbons (Fsp3) is 0.529. The number of rotatable bonds is 2. The predicted molar refractivity (Wildman–Crippen MR) is 89.9 cm³/mol. The van der Waals surface area contributed by atoms with Gasteiger partial charge >= 0.3 is 6.18 Å². The second-order valence-electron chi connectivity index (χ2n) is 7.02. The number of alkyl halides is 3. The summed E-state index contributed by atoms with van der Waals surface area (Å²) in [5.41, 5.74) is 0.0793. The van der Waals surface area contributed by atoms with E-state index in [1.807, 2.05) is 18.7 Å². The van der Waals surface area contributed by atoms with Gasteiger partial charge in [-0.15, -0.1) is 0 Å². The summed E-state index contributed by atoms with van der Waals surface area (Å²) in [6.07, 6.45) is 1.13. The van der Waals surface area contributed by atoms with Crippen molar-refractivity contribution in [3.8, 4) is 0 Å². The Bertz CT molecular complexity index is 794. The summed E-state index contributed by atoms with van der Waals surface area (Å²) in [4.78, 5) is 20.6. The minimum Gasteiger partial charge on any atom is -0.338 e. The van der Waals surface area contributed by atoms with Gasteiger partial charge in [0.05, 0.1) is 6.04 Å². The van der Waals surface area contributed by atoms with Crippen molar-refractivity contribution in [3.05, 3.63) is 35.9 Å². The Labute approximate surface area is 149 Å². The lowest BCUT2D eigenvalue weighted by atomic mass is 10.0. The first-order valence-corrected chi connectivity index (χ1v) is 8.55. The molecule has 2 aliphatic heterocycles. The van der Waals surface area contributed by atoms with E-state index in [1.165, 1.54) is 6.20 Å². The zero-order valence-corrected chi connectivity index (χ0v) is 14.5. The van der Waals surface area contributed by atoms with Gasteiger partial charge in [0.25, 0.3) is 0 Å². The normalized spacial score (nSPS) is 25.7. The van der Waals surface area contributed by atoms with Gasteiger partial charge in [0.15, 0.2) is 0 Å². The summed E-state index contributed by atoms with van der Waals surface area (Å²) in [5, 5.41) is 0. The Hall–Kier alpha value is -2.45. The molecule has 0 saturated carbocycles. The molecule has 0 radical (unpaired) electrons. The first kappa shape index (κ1) is 17.0. The Kier molecular flexibility index (Phi) is 3.96. The standard InChI is InChI=1S/C17H19F3N6/c1-10-6-22-15(23-7-10)25-8-12-5-11(2)26(13(12)9-25)16-21-4-3-14(24-16)17(18,19)20/h3-4,6-7,11-13H,5,8-9H2,1-2H3. The topological polar surface area (TPSA) is 58.0 Å². The van der Waals surface area contributed by atoms with Gasteiger partial charge in [0.1, 0.15) is 5.69 Å². The van der Waals surface area contributed by atoms with E-state index in [9.17, 15) is 13.2 Å². The summed E-state index contributed by atoms with van der Waals surface area (Å²) >= 11 is 0. The maximum atomic E-state index is 13.0. The molecule has 0 aromatic carbocycles. The summed E-state index contributed by atoms with van der Waals surface area (Å²) in [7, 11) is 0. The van der Waals surface area contributed by atoms with Gasteiger partial charge in [-0.05, 0) is 31.9 Å². The quantitative estimate of drug-likeness (QED) is 0.817. The molecule has 2 aromatic heterocycles. The Morgan fingerprint density at radius 1 is 1.08 bits per heavy atom. The van der Waals surface area contributed by atoms with Crippen LogP contribution in [0.5, 0.6) is 0 Å². The zero-order valence-electron chi connectivity index (χ0n) is 14.5. The fourth-order valence-electron chi connectivity index (χ4n) is 3.97. The zero-order chi connectivity index (χ0) is 18.5. The minimum absolute atomic E-state index is 0.0541. The van der Waals surface area contributed by atoms with E-state index in [0.29, 0.717) is 18.4 Å². The molecule has 0 aliphatic carbocycles. The van der Waals surface area contributed by atoms with Crippen molar-refractivity contribution in [1.29, 1.82) is 0 Å². The maximum Gasteiger partial charge on any atom is 0.433 e. The lowest BCUT2D eigenvalue weighted by molar-refractivity contribution is -0.141. The van der Waals surface area contributed by atoms with E-state index >= 15 is 0 Å². The number of hydrogen-bond acceptors (Lipinski definition) is 6. The van der Waals surface area contributed by atoms with Crippen molar-refractivity contribution in [2.24, 2.45) is 5.92 Å². The Balaban J connectivity index is 1.59. The second-order valence-corrected chi connectivity index (χ2v) is 7.02. The molecule has 26 heavy (non-hydrogen) atoms. The molecule has 2 saturated heterocycles. The Morgan fingerprint density at radius 3 is 2.50 bits per heavy atom. The van der Waals surface area contributed by atoms with E-state index in [4.69, 9.17) is 0 Å². The van der Waals surface area contributed by atoms with Gasteiger partial charge in [0.2, 0.25) is 11.9 Å². The van der Waals surface area contributed by atoms with Gasteiger partial charge in [-0.1, -0.05) is 0 Å². The number of halogens is 3. The van der Waals surface area contributed by atoms with Crippen molar-refractivity contribution < 1.29 is 13.2 Å². The molecule has 4 rings (SSSR count). The second kappa shape index (κ2) is 6.07. The number of hydrogen-bond donors (Lipinski definition) is 0. The lowest BCUT2D eigenvalue weighted by Gasteiger charge is -2.29. The molecule has 6 nitrogen and oxygen atoms in total. The van der Waals surface area contributed by atoms with Gasteiger partial charge in [0, 0.05) is 43.6 Å². The number of nitrogens with zero attached hydrogens (tertiary/aromatic N) is 6. The molecule has 3 atom stereocenters. The van der Waals surface area contributed by atoms with Gasteiger partial charge in [-0.2, -0.15) is 13.2 Å². The molecule has 2 aromatic rings. The van der Waals surface area contributed by atoms with Crippen molar-refractivity contribution in [3.63, 3.8) is 0 Å². The molecular weight excluding hydrogens is 345 g/mol. The van der Waals surface area contributed by atoms with Crippen LogP contribution in [0.1, 0.15) is 24.6 Å². The number of fused-ring (bicyclic) bond motifs is 1. The highest BCUT2D eigenvalue weighted by molar-refractivity contribution is 5.43. The van der Waals surface area contributed by atoms with Gasteiger partial charge < -0.3 is 9.80 Å². The molecule has 138 valence electrons. The highest BCUT2D eigenvalue weighted by Gasteiger charge is 2.47. The van der Waals surface area contributed by atoms with Crippen molar-refractivity contribution in [1.82, 2.24) is 19.9 Å². The van der Waals surface area contributed by atoms with Crippen LogP contribution in [0, 0.1) is 12.8 Å². The van der Waals surface area contributed by atoms with Crippen LogP contribution in [-0.4, -0.2) is 45.1 Å². The molecule has 2 aliphatic rings. The van der Waals surface area contributed by atoms with Crippen LogP contribution in [0.2, 0.25) is 0 Å². The first-order valence-electron chi connectivity index (χ1n) is 8.55. The van der Waals surface area contributed by atoms with Crippen molar-refractivity contribution >= 4 is 11.9 Å². The van der Waals surface area contributed by atoms with Crippen LogP contribution >= 0.6 is 0 Å². The van der Waals surface area contributed by atoms with Crippen molar-refractivity contribution in [2.45, 2.75) is 38.5 Å². The van der Waals surface area contributed by atoms with Crippen LogP contribution in [0.25, 0.3) is 0 Å². The number of aromatic nitrogens is 4. The van der Waals surface area contributed by atoms with E-state index in [2.05, 4.69) is 24.8 Å². The van der Waals surface area contributed by atoms with Crippen LogP contribution in [0.15, 0.2) is 24.7 Å². The molecular formula is C17H19F3N6. The third-order valence-corrected chi connectivity index (χ3v) is 5.10.